The Labute approximate surface area is 89.3 Å². The summed E-state index contributed by atoms with van der Waals surface area (Å²) in [5.74, 6) is 0.352. The number of carbonyl (C=O) groups is 2. The molecule has 0 heterocycles. The van der Waals surface area contributed by atoms with Gasteiger partial charge in [0.25, 0.3) is 0 Å². The summed E-state index contributed by atoms with van der Waals surface area (Å²) >= 11 is 0. The van der Waals surface area contributed by atoms with Crippen LogP contribution in [-0.2, 0) is 4.79 Å². The lowest BCUT2D eigenvalue weighted by molar-refractivity contribution is -0.110. The van der Waals surface area contributed by atoms with Crippen molar-refractivity contribution in [2.24, 2.45) is 11.8 Å². The second kappa shape index (κ2) is 4.39. The molecule has 15 heavy (non-hydrogen) atoms. The highest BCUT2D eigenvalue weighted by atomic mass is 16.1. The van der Waals surface area contributed by atoms with Crippen LogP contribution in [0.3, 0.4) is 0 Å². The van der Waals surface area contributed by atoms with Gasteiger partial charge in [-0.25, -0.2) is 0 Å². The van der Waals surface area contributed by atoms with E-state index in [1.807, 2.05) is 30.3 Å². The molecule has 2 rings (SSSR count). The second-order valence-electron chi connectivity index (χ2n) is 4.14. The quantitative estimate of drug-likeness (QED) is 0.557. The minimum absolute atomic E-state index is 0.0580. The summed E-state index contributed by atoms with van der Waals surface area (Å²) in [6.07, 6.45) is 3.44. The molecule has 1 aliphatic carbocycles. The maximum atomic E-state index is 12.0. The first kappa shape index (κ1) is 10.1. The van der Waals surface area contributed by atoms with E-state index in [2.05, 4.69) is 0 Å². The van der Waals surface area contributed by atoms with Gasteiger partial charge in [0.05, 0.1) is 0 Å². The largest absolute Gasteiger partial charge is 0.303 e. The van der Waals surface area contributed by atoms with Crippen molar-refractivity contribution >= 4 is 12.1 Å². The molecular formula is C13H14O2. The molecule has 2 heteroatoms. The predicted molar refractivity (Wildman–Crippen MR) is 57.7 cm³/mol. The summed E-state index contributed by atoms with van der Waals surface area (Å²) in [4.78, 5) is 22.6. The Hall–Kier alpha value is -1.44. The van der Waals surface area contributed by atoms with Crippen molar-refractivity contribution in [2.45, 2.75) is 19.3 Å². The van der Waals surface area contributed by atoms with E-state index in [4.69, 9.17) is 0 Å². The summed E-state index contributed by atoms with van der Waals surface area (Å²) in [6, 6.07) is 9.34. The van der Waals surface area contributed by atoms with Gasteiger partial charge in [-0.15, -0.1) is 0 Å². The topological polar surface area (TPSA) is 34.1 Å². The van der Waals surface area contributed by atoms with E-state index in [1.54, 1.807) is 0 Å². The van der Waals surface area contributed by atoms with Gasteiger partial charge in [-0.3, -0.25) is 4.79 Å². The third-order valence-electron chi connectivity index (χ3n) is 3.09. The third kappa shape index (κ3) is 2.14. The molecule has 78 valence electrons. The Kier molecular flexibility index (Phi) is 2.95. The summed E-state index contributed by atoms with van der Waals surface area (Å²) < 4.78 is 0. The first-order valence-electron chi connectivity index (χ1n) is 5.36. The van der Waals surface area contributed by atoms with Crippen LogP contribution in [0.15, 0.2) is 30.3 Å². The van der Waals surface area contributed by atoms with Gasteiger partial charge >= 0.3 is 0 Å². The lowest BCUT2D eigenvalue weighted by atomic mass is 9.95. The van der Waals surface area contributed by atoms with Gasteiger partial charge < -0.3 is 4.79 Å². The van der Waals surface area contributed by atoms with Crippen LogP contribution in [0.25, 0.3) is 0 Å². The first-order valence-corrected chi connectivity index (χ1v) is 5.36. The van der Waals surface area contributed by atoms with Crippen LogP contribution in [0.1, 0.15) is 29.6 Å². The van der Waals surface area contributed by atoms with Crippen LogP contribution < -0.4 is 0 Å². The average Bonchev–Trinajstić information content (AvgIpc) is 2.78. The first-order chi connectivity index (χ1) is 7.31. The molecule has 1 aromatic carbocycles. The van der Waals surface area contributed by atoms with Crippen LogP contribution >= 0.6 is 0 Å². The van der Waals surface area contributed by atoms with Crippen molar-refractivity contribution < 1.29 is 9.59 Å². The zero-order chi connectivity index (χ0) is 10.7. The molecule has 0 bridgehead atoms. The van der Waals surface area contributed by atoms with Crippen LogP contribution in [0.5, 0.6) is 0 Å². The highest BCUT2D eigenvalue weighted by Gasteiger charge is 2.29. The number of aldehydes is 1. The van der Waals surface area contributed by atoms with Gasteiger partial charge in [-0.05, 0) is 19.3 Å². The Morgan fingerprint density at radius 3 is 2.53 bits per heavy atom. The Morgan fingerprint density at radius 1 is 1.20 bits per heavy atom. The Morgan fingerprint density at radius 2 is 1.93 bits per heavy atom. The Bertz CT molecular complexity index is 356. The fourth-order valence-electron chi connectivity index (χ4n) is 2.22. The van der Waals surface area contributed by atoms with Crippen molar-refractivity contribution in [3.05, 3.63) is 35.9 Å². The molecule has 0 aromatic heterocycles. The standard InChI is InChI=1S/C13H14O2/c14-9-10-6-7-12(8-10)13(15)11-4-2-1-3-5-11/h1-5,9-10,12H,6-8H2/t10-,12+/m0/s1. The van der Waals surface area contributed by atoms with Crippen molar-refractivity contribution in [3.63, 3.8) is 0 Å². The maximum absolute atomic E-state index is 12.0. The Balaban J connectivity index is 2.07. The molecule has 0 amide bonds. The van der Waals surface area contributed by atoms with Crippen LogP contribution in [0, 0.1) is 11.8 Å². The summed E-state index contributed by atoms with van der Waals surface area (Å²) in [7, 11) is 0. The SMILES string of the molecule is O=C[C@H]1CC[C@@H](C(=O)c2ccccc2)C1. The molecular weight excluding hydrogens is 188 g/mol. The highest BCUT2D eigenvalue weighted by Crippen LogP contribution is 2.31. The number of carbonyl (C=O) groups excluding carboxylic acids is 2. The number of rotatable bonds is 3. The molecule has 0 unspecified atom stereocenters. The third-order valence-corrected chi connectivity index (χ3v) is 3.09. The molecule has 0 N–H and O–H groups in total. The van der Waals surface area contributed by atoms with Crippen molar-refractivity contribution in [1.29, 1.82) is 0 Å². The van der Waals surface area contributed by atoms with Gasteiger partial charge in [0.1, 0.15) is 6.29 Å². The predicted octanol–water partition coefficient (Wildman–Crippen LogP) is 2.48. The maximum Gasteiger partial charge on any atom is 0.165 e. The second-order valence-corrected chi connectivity index (χ2v) is 4.14. The van der Waals surface area contributed by atoms with E-state index in [1.165, 1.54) is 0 Å². The molecule has 1 aliphatic rings. The van der Waals surface area contributed by atoms with Gasteiger partial charge in [0, 0.05) is 17.4 Å². The van der Waals surface area contributed by atoms with E-state index in [-0.39, 0.29) is 17.6 Å². The minimum Gasteiger partial charge on any atom is -0.303 e. The number of ketones is 1. The van der Waals surface area contributed by atoms with Gasteiger partial charge in [0.2, 0.25) is 0 Å². The number of hydrogen-bond donors (Lipinski definition) is 0. The van der Waals surface area contributed by atoms with Crippen molar-refractivity contribution in [1.82, 2.24) is 0 Å². The van der Waals surface area contributed by atoms with Gasteiger partial charge in [-0.2, -0.15) is 0 Å². The van der Waals surface area contributed by atoms with Crippen LogP contribution in [0.2, 0.25) is 0 Å². The van der Waals surface area contributed by atoms with E-state index >= 15 is 0 Å². The minimum atomic E-state index is 0.0580. The lowest BCUT2D eigenvalue weighted by Gasteiger charge is -2.07. The molecule has 1 fully saturated rings. The molecule has 0 saturated heterocycles. The number of benzene rings is 1. The molecule has 1 saturated carbocycles. The zero-order valence-corrected chi connectivity index (χ0v) is 8.56. The zero-order valence-electron chi connectivity index (χ0n) is 8.56. The molecule has 2 atom stereocenters. The van der Waals surface area contributed by atoms with E-state index < -0.39 is 0 Å². The fourth-order valence-corrected chi connectivity index (χ4v) is 2.22. The number of hydrogen-bond acceptors (Lipinski definition) is 2. The van der Waals surface area contributed by atoms with E-state index in [9.17, 15) is 9.59 Å². The highest BCUT2D eigenvalue weighted by molar-refractivity contribution is 5.98. The number of Topliss-reactive ketones (excluding diaryl/α,β-unsaturated/α-hetero) is 1. The average molecular weight is 202 g/mol. The van der Waals surface area contributed by atoms with Gasteiger partial charge in [-0.1, -0.05) is 30.3 Å². The molecule has 1 aromatic rings. The normalized spacial score (nSPS) is 25.1. The molecule has 2 nitrogen and oxygen atoms in total. The molecule has 0 aliphatic heterocycles. The van der Waals surface area contributed by atoms with E-state index in [0.717, 1.165) is 31.1 Å². The molecule has 0 spiro atoms. The monoisotopic (exact) mass is 202 g/mol. The smallest absolute Gasteiger partial charge is 0.165 e. The summed E-state index contributed by atoms with van der Waals surface area (Å²) in [5, 5.41) is 0. The van der Waals surface area contributed by atoms with Gasteiger partial charge in [0.15, 0.2) is 5.78 Å². The van der Waals surface area contributed by atoms with Crippen LogP contribution in [-0.4, -0.2) is 12.1 Å². The summed E-state index contributed by atoms with van der Waals surface area (Å²) in [5.41, 5.74) is 0.772. The van der Waals surface area contributed by atoms with E-state index in [0.29, 0.717) is 0 Å². The van der Waals surface area contributed by atoms with Crippen LogP contribution in [0.4, 0.5) is 0 Å². The van der Waals surface area contributed by atoms with Crippen molar-refractivity contribution in [3.8, 4) is 0 Å². The fraction of sp³-hybridized carbons (Fsp3) is 0.385. The summed E-state index contributed by atoms with van der Waals surface area (Å²) in [6.45, 7) is 0. The van der Waals surface area contributed by atoms with Crippen molar-refractivity contribution in [2.75, 3.05) is 0 Å². The lowest BCUT2D eigenvalue weighted by Crippen LogP contribution is -2.11. The molecule has 0 radical (unpaired) electrons.